The number of rotatable bonds is 11. The number of nitrogens with one attached hydrogen (secondary N) is 1. The Morgan fingerprint density at radius 1 is 1.07 bits per heavy atom. The fourth-order valence-electron chi connectivity index (χ4n) is 4.60. The molecule has 0 radical (unpaired) electrons. The Kier molecular flexibility index (Phi) is 10.9. The van der Waals surface area contributed by atoms with Crippen molar-refractivity contribution in [2.45, 2.75) is 40.5 Å². The zero-order valence-electron chi connectivity index (χ0n) is 24.2. The molecule has 1 heterocycles. The van der Waals surface area contributed by atoms with Crippen LogP contribution in [0.1, 0.15) is 57.2 Å². The zero-order chi connectivity index (χ0) is 29.1. The summed E-state index contributed by atoms with van der Waals surface area (Å²) in [6, 6.07) is 14.2. The molecule has 5 N–H and O–H groups in total. The monoisotopic (exact) mass is 535 g/mol. The van der Waals surface area contributed by atoms with Gasteiger partial charge in [-0.3, -0.25) is 4.99 Å². The van der Waals surface area contributed by atoms with Crippen molar-refractivity contribution in [2.75, 3.05) is 24.3 Å². The summed E-state index contributed by atoms with van der Waals surface area (Å²) in [7, 11) is 1.75. The average molecular weight is 536 g/mol. The minimum absolute atomic E-state index is 0.559. The van der Waals surface area contributed by atoms with Crippen molar-refractivity contribution in [2.24, 2.45) is 10.7 Å². The van der Waals surface area contributed by atoms with Gasteiger partial charge in [0.1, 0.15) is 5.76 Å². The van der Waals surface area contributed by atoms with Gasteiger partial charge in [0.2, 0.25) is 0 Å². The molecule has 0 aromatic heterocycles. The van der Waals surface area contributed by atoms with Gasteiger partial charge in [0, 0.05) is 59.6 Å². The van der Waals surface area contributed by atoms with Crippen molar-refractivity contribution >= 4 is 35.1 Å². The van der Waals surface area contributed by atoms with Crippen LogP contribution in [0.3, 0.4) is 0 Å². The number of nitrogen functional groups attached to an aromatic ring is 1. The average Bonchev–Trinajstić information content (AvgIpc) is 2.95. The van der Waals surface area contributed by atoms with Gasteiger partial charge in [0.15, 0.2) is 0 Å². The Bertz CT molecular complexity index is 1420. The molecule has 1 aliphatic heterocycles. The van der Waals surface area contributed by atoms with Crippen molar-refractivity contribution < 1.29 is 4.74 Å². The van der Waals surface area contributed by atoms with Crippen molar-refractivity contribution in [1.82, 2.24) is 0 Å². The predicted molar refractivity (Wildman–Crippen MR) is 172 cm³/mol. The van der Waals surface area contributed by atoms with E-state index in [4.69, 9.17) is 21.6 Å². The first kappa shape index (κ1) is 30.0. The van der Waals surface area contributed by atoms with E-state index >= 15 is 0 Å². The second kappa shape index (κ2) is 14.5. The summed E-state index contributed by atoms with van der Waals surface area (Å²) < 4.78 is 5.85. The fraction of sp³-hybridized carbons (Fsp3) is 0.235. The molecular weight excluding hydrogens is 494 g/mol. The molecule has 6 heteroatoms. The van der Waals surface area contributed by atoms with Crippen LogP contribution in [-0.4, -0.2) is 26.1 Å². The Balaban J connectivity index is 2.25. The lowest BCUT2D eigenvalue weighted by molar-refractivity contribution is 0.241. The van der Waals surface area contributed by atoms with E-state index in [2.05, 4.69) is 73.3 Å². The second-order valence-corrected chi connectivity index (χ2v) is 9.30. The number of aliphatic imine (C=N–C) groups is 1. The summed E-state index contributed by atoms with van der Waals surface area (Å²) in [5.41, 5.74) is 21.9. The van der Waals surface area contributed by atoms with Gasteiger partial charge >= 0.3 is 0 Å². The summed E-state index contributed by atoms with van der Waals surface area (Å²) in [5, 5.41) is 7.34. The second-order valence-electron chi connectivity index (χ2n) is 9.30. The lowest BCUT2D eigenvalue weighted by atomic mass is 9.88. The molecule has 2 aromatic rings. The van der Waals surface area contributed by atoms with Crippen molar-refractivity contribution in [3.05, 3.63) is 118 Å². The van der Waals surface area contributed by atoms with Crippen LogP contribution in [0.4, 0.5) is 11.4 Å². The summed E-state index contributed by atoms with van der Waals surface area (Å²) in [5.74, 6) is 0.855. The number of hydrogen-bond donors (Lipinski definition) is 3. The van der Waals surface area contributed by atoms with Crippen molar-refractivity contribution in [1.29, 1.82) is 5.41 Å². The Morgan fingerprint density at radius 2 is 1.82 bits per heavy atom. The molecule has 0 fully saturated rings. The normalized spacial score (nSPS) is 15.9. The molecule has 2 aromatic carbocycles. The molecule has 0 amide bonds. The third-order valence-electron chi connectivity index (χ3n) is 6.52. The minimum Gasteiger partial charge on any atom is -0.494 e. The van der Waals surface area contributed by atoms with Gasteiger partial charge in [0.05, 0.1) is 6.61 Å². The summed E-state index contributed by atoms with van der Waals surface area (Å²) in [4.78, 5) is 6.42. The molecule has 0 unspecified atom stereocenters. The third kappa shape index (κ3) is 7.08. The van der Waals surface area contributed by atoms with Gasteiger partial charge in [-0.1, -0.05) is 44.2 Å². The largest absolute Gasteiger partial charge is 0.494 e. The number of nitrogens with zero attached hydrogens (tertiary/aromatic N) is 2. The fourth-order valence-corrected chi connectivity index (χ4v) is 4.60. The van der Waals surface area contributed by atoms with Gasteiger partial charge in [-0.2, -0.15) is 0 Å². The molecule has 0 atom stereocenters. The van der Waals surface area contributed by atoms with Gasteiger partial charge < -0.3 is 26.5 Å². The molecule has 0 spiro atoms. The molecule has 208 valence electrons. The summed E-state index contributed by atoms with van der Waals surface area (Å²) >= 11 is 0. The standard InChI is InChI=1S/C34H41N5O/c1-6-9-30(40-8-3)17-15-27-23-39(29-16-18-31(36)28(21-29)22-38-5)33(10-7-2)34(24(27)4)26-13-11-25(12-14-26)32(37)19-20-35/h9-23,35H,6-8,36-37H2,1-5H3/b17-15-,30-9-,32-19?,33-10-,35-20?,38-22?. The molecule has 40 heavy (non-hydrogen) atoms. The molecule has 0 bridgehead atoms. The maximum atomic E-state index is 7.34. The highest BCUT2D eigenvalue weighted by Crippen LogP contribution is 2.40. The van der Waals surface area contributed by atoms with Crippen LogP contribution in [0.2, 0.25) is 0 Å². The first-order valence-corrected chi connectivity index (χ1v) is 13.7. The highest BCUT2D eigenvalue weighted by atomic mass is 16.5. The smallest absolute Gasteiger partial charge is 0.115 e. The number of ether oxygens (including phenoxy) is 1. The van der Waals surface area contributed by atoms with Gasteiger partial charge in [0.25, 0.3) is 0 Å². The van der Waals surface area contributed by atoms with Crippen LogP contribution >= 0.6 is 0 Å². The van der Waals surface area contributed by atoms with E-state index in [9.17, 15) is 0 Å². The first-order chi connectivity index (χ1) is 19.4. The van der Waals surface area contributed by atoms with Crippen molar-refractivity contribution in [3.8, 4) is 0 Å². The van der Waals surface area contributed by atoms with Crippen LogP contribution < -0.4 is 16.4 Å². The topological polar surface area (TPSA) is 101 Å². The Morgan fingerprint density at radius 3 is 2.45 bits per heavy atom. The van der Waals surface area contributed by atoms with Crippen LogP contribution in [0.5, 0.6) is 0 Å². The molecule has 3 rings (SSSR count). The highest BCUT2D eigenvalue weighted by molar-refractivity contribution is 5.94. The van der Waals surface area contributed by atoms with E-state index in [-0.39, 0.29) is 0 Å². The maximum absolute atomic E-state index is 7.34. The number of benzene rings is 2. The Hall–Kier alpha value is -4.58. The minimum atomic E-state index is 0.559. The van der Waals surface area contributed by atoms with Crippen LogP contribution in [-0.2, 0) is 4.74 Å². The lowest BCUT2D eigenvalue weighted by Gasteiger charge is -2.33. The molecule has 0 aliphatic carbocycles. The quantitative estimate of drug-likeness (QED) is 0.119. The van der Waals surface area contributed by atoms with E-state index < -0.39 is 0 Å². The van der Waals surface area contributed by atoms with Gasteiger partial charge in [-0.05, 0) is 91.5 Å². The van der Waals surface area contributed by atoms with Gasteiger partial charge in [-0.25, -0.2) is 0 Å². The summed E-state index contributed by atoms with van der Waals surface area (Å²) in [6.07, 6.45) is 17.0. The summed E-state index contributed by atoms with van der Waals surface area (Å²) in [6.45, 7) is 9.01. The third-order valence-corrected chi connectivity index (χ3v) is 6.52. The molecule has 6 nitrogen and oxygen atoms in total. The SMILES string of the molecule is CC/C=C(/C=C\C1=CN(c2ccc(N)c(C=NC)c2)/C(=C\CC)C(c2ccc(C(N)=CC=N)cc2)=C1C)OCC. The number of nitrogens with two attached hydrogens (primary N) is 2. The van der Waals surface area contributed by atoms with E-state index in [1.165, 1.54) is 6.21 Å². The van der Waals surface area contributed by atoms with E-state index in [0.717, 1.165) is 63.4 Å². The number of allylic oxidation sites excluding steroid dienone is 8. The van der Waals surface area contributed by atoms with Crippen LogP contribution in [0, 0.1) is 5.41 Å². The molecule has 0 saturated heterocycles. The first-order valence-electron chi connectivity index (χ1n) is 13.7. The van der Waals surface area contributed by atoms with E-state index in [1.54, 1.807) is 19.3 Å². The Labute approximate surface area is 239 Å². The maximum Gasteiger partial charge on any atom is 0.115 e. The van der Waals surface area contributed by atoms with E-state index in [0.29, 0.717) is 18.0 Å². The predicted octanol–water partition coefficient (Wildman–Crippen LogP) is 7.62. The zero-order valence-corrected chi connectivity index (χ0v) is 24.2. The lowest BCUT2D eigenvalue weighted by Crippen LogP contribution is -2.22. The molecular formula is C34H41N5O. The van der Waals surface area contributed by atoms with Crippen molar-refractivity contribution in [3.63, 3.8) is 0 Å². The highest BCUT2D eigenvalue weighted by Gasteiger charge is 2.24. The van der Waals surface area contributed by atoms with E-state index in [1.807, 2.05) is 37.3 Å². The molecule has 1 aliphatic rings. The van der Waals surface area contributed by atoms with Gasteiger partial charge in [-0.15, -0.1) is 0 Å². The molecule has 0 saturated carbocycles. The van der Waals surface area contributed by atoms with Crippen LogP contribution in [0.15, 0.2) is 107 Å². The van der Waals surface area contributed by atoms with Crippen LogP contribution in [0.25, 0.3) is 11.3 Å². The number of anilines is 2. The number of hydrogen-bond acceptors (Lipinski definition) is 6.